The lowest BCUT2D eigenvalue weighted by Crippen LogP contribution is -2.26. The number of aliphatic carboxylic acids is 1. The fourth-order valence-electron chi connectivity index (χ4n) is 1.55. The van der Waals surface area contributed by atoms with Gasteiger partial charge in [0.25, 0.3) is 0 Å². The summed E-state index contributed by atoms with van der Waals surface area (Å²) in [5.74, 6) is -1.40. The molecule has 0 saturated heterocycles. The summed E-state index contributed by atoms with van der Waals surface area (Å²) >= 11 is 0. The number of allylic oxidation sites excluding steroid dienone is 1. The van der Waals surface area contributed by atoms with Crippen molar-refractivity contribution in [3.8, 4) is 0 Å². The highest BCUT2D eigenvalue weighted by Gasteiger charge is 2.22. The Morgan fingerprint density at radius 2 is 1.67 bits per heavy atom. The molecule has 4 nitrogen and oxygen atoms in total. The van der Waals surface area contributed by atoms with Crippen LogP contribution in [0, 0.1) is 17.8 Å². The van der Waals surface area contributed by atoms with Crippen LogP contribution in [0.5, 0.6) is 0 Å². The summed E-state index contributed by atoms with van der Waals surface area (Å²) in [4.78, 5) is 10.7. The van der Waals surface area contributed by atoms with Crippen LogP contribution in [0.25, 0.3) is 0 Å². The van der Waals surface area contributed by atoms with E-state index in [0.717, 1.165) is 0 Å². The number of hydrogen-bond donors (Lipinski definition) is 3. The van der Waals surface area contributed by atoms with E-state index in [1.807, 2.05) is 32.9 Å². The Bertz CT molecular complexity index is 273. The lowest BCUT2D eigenvalue weighted by molar-refractivity contribution is -0.145. The molecule has 0 unspecified atom stereocenters. The van der Waals surface area contributed by atoms with E-state index in [4.69, 9.17) is 5.11 Å². The van der Waals surface area contributed by atoms with Crippen LogP contribution in [0.2, 0.25) is 0 Å². The molecule has 4 heteroatoms. The first-order valence-electron chi connectivity index (χ1n) is 6.51. The largest absolute Gasteiger partial charge is 0.481 e. The summed E-state index contributed by atoms with van der Waals surface area (Å²) in [5.41, 5.74) is 0. The Hall–Kier alpha value is -0.870. The molecule has 0 rings (SSSR count). The van der Waals surface area contributed by atoms with Gasteiger partial charge in [0.05, 0.1) is 18.1 Å². The Morgan fingerprint density at radius 3 is 2.11 bits per heavy atom. The molecule has 0 aliphatic heterocycles. The van der Waals surface area contributed by atoms with Gasteiger partial charge in [-0.05, 0) is 31.6 Å². The quantitative estimate of drug-likeness (QED) is 0.582. The second-order valence-corrected chi connectivity index (χ2v) is 5.38. The SMILES string of the molecule is CC(C)[C@H](O)C/C=C/[C@H](C)C[C@@H](O)[C@@H](C)C(=O)O. The molecule has 0 spiro atoms. The fraction of sp³-hybridized carbons (Fsp3) is 0.786. The van der Waals surface area contributed by atoms with E-state index in [9.17, 15) is 15.0 Å². The van der Waals surface area contributed by atoms with E-state index in [1.54, 1.807) is 0 Å². The van der Waals surface area contributed by atoms with Gasteiger partial charge in [-0.2, -0.15) is 0 Å². The minimum Gasteiger partial charge on any atom is -0.481 e. The lowest BCUT2D eigenvalue weighted by Gasteiger charge is -2.17. The molecule has 0 aromatic rings. The van der Waals surface area contributed by atoms with Crippen LogP contribution in [0.3, 0.4) is 0 Å². The second kappa shape index (κ2) is 8.27. The van der Waals surface area contributed by atoms with Gasteiger partial charge in [0.1, 0.15) is 0 Å². The Labute approximate surface area is 109 Å². The summed E-state index contributed by atoms with van der Waals surface area (Å²) < 4.78 is 0. The highest BCUT2D eigenvalue weighted by Crippen LogP contribution is 2.15. The molecule has 0 heterocycles. The normalized spacial score (nSPS) is 18.8. The van der Waals surface area contributed by atoms with Gasteiger partial charge in [-0.25, -0.2) is 0 Å². The third kappa shape index (κ3) is 6.77. The van der Waals surface area contributed by atoms with Crippen LogP contribution in [-0.2, 0) is 4.79 Å². The molecule has 18 heavy (non-hydrogen) atoms. The maximum Gasteiger partial charge on any atom is 0.308 e. The Kier molecular flexibility index (Phi) is 7.87. The highest BCUT2D eigenvalue weighted by atomic mass is 16.4. The zero-order chi connectivity index (χ0) is 14.3. The van der Waals surface area contributed by atoms with Crippen LogP contribution in [0.4, 0.5) is 0 Å². The van der Waals surface area contributed by atoms with Gasteiger partial charge < -0.3 is 15.3 Å². The first-order chi connectivity index (χ1) is 8.25. The standard InChI is InChI=1S/C14H26O4/c1-9(2)12(15)7-5-6-10(3)8-13(16)11(4)14(17)18/h5-6,9-13,15-16H,7-8H2,1-4H3,(H,17,18)/b6-5+/t10-,11+,12+,13+/m0/s1. The van der Waals surface area contributed by atoms with Gasteiger partial charge in [-0.3, -0.25) is 4.79 Å². The van der Waals surface area contributed by atoms with E-state index in [0.29, 0.717) is 12.8 Å². The van der Waals surface area contributed by atoms with Crippen LogP contribution in [-0.4, -0.2) is 33.5 Å². The van der Waals surface area contributed by atoms with Crippen molar-refractivity contribution in [2.24, 2.45) is 17.8 Å². The predicted molar refractivity (Wildman–Crippen MR) is 71.2 cm³/mol. The van der Waals surface area contributed by atoms with E-state index in [2.05, 4.69) is 0 Å². The molecule has 0 aliphatic carbocycles. The van der Waals surface area contributed by atoms with Crippen molar-refractivity contribution in [3.63, 3.8) is 0 Å². The molecule has 4 atom stereocenters. The average Bonchev–Trinajstić information content (AvgIpc) is 2.27. The third-order valence-corrected chi connectivity index (χ3v) is 3.19. The number of hydrogen-bond acceptors (Lipinski definition) is 3. The van der Waals surface area contributed by atoms with Crippen molar-refractivity contribution in [2.45, 2.75) is 52.7 Å². The van der Waals surface area contributed by atoms with Crippen LogP contribution >= 0.6 is 0 Å². The van der Waals surface area contributed by atoms with Crippen molar-refractivity contribution in [3.05, 3.63) is 12.2 Å². The Balaban J connectivity index is 4.07. The number of carbonyl (C=O) groups is 1. The van der Waals surface area contributed by atoms with Crippen LogP contribution in [0.1, 0.15) is 40.5 Å². The molecule has 0 amide bonds. The van der Waals surface area contributed by atoms with E-state index in [1.165, 1.54) is 6.92 Å². The van der Waals surface area contributed by atoms with Gasteiger partial charge in [0, 0.05) is 0 Å². The molecular weight excluding hydrogens is 232 g/mol. The predicted octanol–water partition coefficient (Wildman–Crippen LogP) is 2.06. The molecule has 106 valence electrons. The number of rotatable bonds is 8. The van der Waals surface area contributed by atoms with Gasteiger partial charge >= 0.3 is 5.97 Å². The molecular formula is C14H26O4. The van der Waals surface area contributed by atoms with Gasteiger partial charge in [-0.1, -0.05) is 32.9 Å². The molecule has 0 radical (unpaired) electrons. The minimum absolute atomic E-state index is 0.0983. The fourth-order valence-corrected chi connectivity index (χ4v) is 1.55. The van der Waals surface area contributed by atoms with Gasteiger partial charge in [-0.15, -0.1) is 0 Å². The van der Waals surface area contributed by atoms with Crippen molar-refractivity contribution < 1.29 is 20.1 Å². The van der Waals surface area contributed by atoms with E-state index < -0.39 is 18.0 Å². The topological polar surface area (TPSA) is 77.8 Å². The first kappa shape index (κ1) is 17.1. The zero-order valence-corrected chi connectivity index (χ0v) is 11.7. The summed E-state index contributed by atoms with van der Waals surface area (Å²) in [7, 11) is 0. The van der Waals surface area contributed by atoms with Crippen molar-refractivity contribution in [1.82, 2.24) is 0 Å². The lowest BCUT2D eigenvalue weighted by atomic mass is 9.94. The highest BCUT2D eigenvalue weighted by molar-refractivity contribution is 5.70. The monoisotopic (exact) mass is 258 g/mol. The molecule has 0 aliphatic rings. The summed E-state index contributed by atoms with van der Waals surface area (Å²) in [5, 5.41) is 28.1. The molecule has 0 bridgehead atoms. The first-order valence-corrected chi connectivity index (χ1v) is 6.51. The summed E-state index contributed by atoms with van der Waals surface area (Å²) in [6, 6.07) is 0. The van der Waals surface area contributed by atoms with Gasteiger partial charge in [0.15, 0.2) is 0 Å². The molecule has 0 aromatic carbocycles. The molecule has 0 aromatic heterocycles. The van der Waals surface area contributed by atoms with Crippen LogP contribution in [0.15, 0.2) is 12.2 Å². The summed E-state index contributed by atoms with van der Waals surface area (Å²) in [6.07, 6.45) is 3.64. The van der Waals surface area contributed by atoms with Gasteiger partial charge in [0.2, 0.25) is 0 Å². The number of carboxylic acids is 1. The number of aliphatic hydroxyl groups is 2. The molecule has 0 fully saturated rings. The zero-order valence-electron chi connectivity index (χ0n) is 11.7. The van der Waals surface area contributed by atoms with Crippen molar-refractivity contribution in [2.75, 3.05) is 0 Å². The summed E-state index contributed by atoms with van der Waals surface area (Å²) in [6.45, 7) is 7.35. The Morgan fingerprint density at radius 1 is 1.11 bits per heavy atom. The maximum atomic E-state index is 10.7. The maximum absolute atomic E-state index is 10.7. The second-order valence-electron chi connectivity index (χ2n) is 5.38. The number of aliphatic hydroxyl groups excluding tert-OH is 2. The average molecular weight is 258 g/mol. The smallest absolute Gasteiger partial charge is 0.308 e. The molecule has 0 saturated carbocycles. The molecule has 3 N–H and O–H groups in total. The van der Waals surface area contributed by atoms with Crippen molar-refractivity contribution in [1.29, 1.82) is 0 Å². The van der Waals surface area contributed by atoms with Crippen molar-refractivity contribution >= 4 is 5.97 Å². The minimum atomic E-state index is -0.978. The van der Waals surface area contributed by atoms with Crippen LogP contribution < -0.4 is 0 Å². The van der Waals surface area contributed by atoms with E-state index in [-0.39, 0.29) is 17.9 Å². The number of carboxylic acid groups (broad SMARTS) is 1. The third-order valence-electron chi connectivity index (χ3n) is 3.19. The van der Waals surface area contributed by atoms with E-state index >= 15 is 0 Å².